The lowest BCUT2D eigenvalue weighted by molar-refractivity contribution is -0.137. The van der Waals surface area contributed by atoms with Gasteiger partial charge in [0.1, 0.15) is 18.3 Å². The van der Waals surface area contributed by atoms with Crippen molar-refractivity contribution in [1.82, 2.24) is 25.2 Å². The monoisotopic (exact) mass is 492 g/mol. The number of aryl methyl sites for hydroxylation is 1. The average Bonchev–Trinajstić information content (AvgIpc) is 3.39. The third-order valence-electron chi connectivity index (χ3n) is 6.10. The number of aromatic nitrogens is 3. The molecule has 3 heterocycles. The number of benzene rings is 2. The molecule has 2 aliphatic rings. The van der Waals surface area contributed by atoms with Crippen molar-refractivity contribution < 1.29 is 19.2 Å². The van der Waals surface area contributed by atoms with E-state index in [4.69, 9.17) is 11.6 Å². The van der Waals surface area contributed by atoms with E-state index in [1.165, 1.54) is 9.58 Å². The number of carbonyl (C=O) groups excluding carboxylic acids is 4. The first-order chi connectivity index (χ1) is 16.8. The van der Waals surface area contributed by atoms with Gasteiger partial charge in [-0.1, -0.05) is 35.0 Å². The standard InChI is InChI=1S/C24H21ClN6O4/c1-13-5-6-15(17(25)9-13)19-11-30(29-28-19)12-22(33)26-18-4-2-3-14-16(18)10-31(24(14)35)20-7-8-21(32)27-23(20)34/h2-6,9,11,20H,7-8,10,12H2,1H3,(H,26,33)(H,27,32,34). The van der Waals surface area contributed by atoms with Crippen LogP contribution < -0.4 is 10.6 Å². The van der Waals surface area contributed by atoms with E-state index in [0.717, 1.165) is 11.1 Å². The number of imide groups is 1. The molecule has 35 heavy (non-hydrogen) atoms. The lowest BCUT2D eigenvalue weighted by Gasteiger charge is -2.29. The molecule has 4 amide bonds. The number of nitrogens with one attached hydrogen (secondary N) is 2. The van der Waals surface area contributed by atoms with Crippen molar-refractivity contribution in [3.05, 3.63) is 64.3 Å². The largest absolute Gasteiger partial charge is 0.324 e. The highest BCUT2D eigenvalue weighted by atomic mass is 35.5. The highest BCUT2D eigenvalue weighted by Gasteiger charge is 2.39. The zero-order valence-corrected chi connectivity index (χ0v) is 19.5. The molecule has 11 heteroatoms. The van der Waals surface area contributed by atoms with Gasteiger partial charge in [-0.3, -0.25) is 24.5 Å². The van der Waals surface area contributed by atoms with Gasteiger partial charge in [-0.15, -0.1) is 5.10 Å². The van der Waals surface area contributed by atoms with Crippen molar-refractivity contribution in [2.75, 3.05) is 5.32 Å². The van der Waals surface area contributed by atoms with Crippen molar-refractivity contribution in [2.24, 2.45) is 0 Å². The molecule has 5 rings (SSSR count). The van der Waals surface area contributed by atoms with Gasteiger partial charge in [0.15, 0.2) is 0 Å². The Morgan fingerprint density at radius 3 is 2.80 bits per heavy atom. The third-order valence-corrected chi connectivity index (χ3v) is 6.41. The van der Waals surface area contributed by atoms with Gasteiger partial charge in [-0.05, 0) is 37.1 Å². The molecule has 2 aliphatic heterocycles. The maximum atomic E-state index is 13.0. The smallest absolute Gasteiger partial charge is 0.255 e. The van der Waals surface area contributed by atoms with E-state index in [1.807, 2.05) is 25.1 Å². The first-order valence-corrected chi connectivity index (χ1v) is 11.4. The molecule has 1 aromatic heterocycles. The molecule has 1 atom stereocenters. The minimum atomic E-state index is -0.724. The van der Waals surface area contributed by atoms with E-state index in [2.05, 4.69) is 20.9 Å². The van der Waals surface area contributed by atoms with Crippen LogP contribution in [0.15, 0.2) is 42.6 Å². The van der Waals surface area contributed by atoms with Crippen LogP contribution in [0.3, 0.4) is 0 Å². The van der Waals surface area contributed by atoms with Crippen LogP contribution in [0.25, 0.3) is 11.3 Å². The number of carbonyl (C=O) groups is 4. The summed E-state index contributed by atoms with van der Waals surface area (Å²) < 4.78 is 1.41. The van der Waals surface area contributed by atoms with Crippen LogP contribution in [-0.4, -0.2) is 49.6 Å². The summed E-state index contributed by atoms with van der Waals surface area (Å²) >= 11 is 6.31. The second kappa shape index (κ2) is 8.95. The van der Waals surface area contributed by atoms with Gasteiger partial charge in [0.25, 0.3) is 5.91 Å². The predicted molar refractivity (Wildman–Crippen MR) is 126 cm³/mol. The van der Waals surface area contributed by atoms with Crippen LogP contribution in [0.1, 0.15) is 34.3 Å². The van der Waals surface area contributed by atoms with E-state index in [-0.39, 0.29) is 43.7 Å². The number of fused-ring (bicyclic) bond motifs is 1. The molecule has 10 nitrogen and oxygen atoms in total. The Labute approximate surface area is 205 Å². The van der Waals surface area contributed by atoms with E-state index >= 15 is 0 Å². The first-order valence-electron chi connectivity index (χ1n) is 11.0. The highest BCUT2D eigenvalue weighted by Crippen LogP contribution is 2.32. The summed E-state index contributed by atoms with van der Waals surface area (Å²) in [6, 6.07) is 9.92. The quantitative estimate of drug-likeness (QED) is 0.526. The summed E-state index contributed by atoms with van der Waals surface area (Å²) in [4.78, 5) is 50.9. The highest BCUT2D eigenvalue weighted by molar-refractivity contribution is 6.33. The summed E-state index contributed by atoms with van der Waals surface area (Å²) in [7, 11) is 0. The first kappa shape index (κ1) is 22.7. The Bertz CT molecular complexity index is 1380. The van der Waals surface area contributed by atoms with Crippen LogP contribution in [0, 0.1) is 6.92 Å². The number of piperidine rings is 1. The van der Waals surface area contributed by atoms with Crippen molar-refractivity contribution in [3.63, 3.8) is 0 Å². The molecule has 0 bridgehead atoms. The molecule has 3 aromatic rings. The fourth-order valence-corrected chi connectivity index (χ4v) is 4.70. The number of anilines is 1. The lowest BCUT2D eigenvalue weighted by atomic mass is 10.0. The van der Waals surface area contributed by atoms with Crippen molar-refractivity contribution in [3.8, 4) is 11.3 Å². The third kappa shape index (κ3) is 4.40. The number of amides is 4. The van der Waals surface area contributed by atoms with Crippen molar-refractivity contribution in [2.45, 2.75) is 38.9 Å². The molecular weight excluding hydrogens is 472 g/mol. The maximum Gasteiger partial charge on any atom is 0.255 e. The molecule has 0 saturated carbocycles. The van der Waals surface area contributed by atoms with Gasteiger partial charge in [0, 0.05) is 35.3 Å². The van der Waals surface area contributed by atoms with Crippen molar-refractivity contribution in [1.29, 1.82) is 0 Å². The normalized spacial score (nSPS) is 17.4. The summed E-state index contributed by atoms with van der Waals surface area (Å²) in [6.07, 6.45) is 2.08. The molecule has 1 saturated heterocycles. The van der Waals surface area contributed by atoms with Crippen LogP contribution in [0.5, 0.6) is 0 Å². The molecular formula is C24H21ClN6O4. The van der Waals surface area contributed by atoms with Gasteiger partial charge in [0.2, 0.25) is 17.7 Å². The van der Waals surface area contributed by atoms with Crippen LogP contribution >= 0.6 is 11.6 Å². The van der Waals surface area contributed by atoms with E-state index in [0.29, 0.717) is 27.5 Å². The Balaban J connectivity index is 1.29. The zero-order valence-electron chi connectivity index (χ0n) is 18.7. The molecule has 1 unspecified atom stereocenters. The van der Waals surface area contributed by atoms with Gasteiger partial charge < -0.3 is 10.2 Å². The summed E-state index contributed by atoms with van der Waals surface area (Å²) in [6.45, 7) is 2.01. The summed E-state index contributed by atoms with van der Waals surface area (Å²) in [5.41, 5.74) is 3.82. The predicted octanol–water partition coefficient (Wildman–Crippen LogP) is 2.31. The molecule has 0 spiro atoms. The topological polar surface area (TPSA) is 126 Å². The Morgan fingerprint density at radius 1 is 1.20 bits per heavy atom. The van der Waals surface area contributed by atoms with E-state index in [9.17, 15) is 19.2 Å². The number of halogens is 1. The number of hydrogen-bond donors (Lipinski definition) is 2. The average molecular weight is 493 g/mol. The van der Waals surface area contributed by atoms with E-state index in [1.54, 1.807) is 24.4 Å². The second-order valence-corrected chi connectivity index (χ2v) is 8.97. The Morgan fingerprint density at radius 2 is 2.03 bits per heavy atom. The van der Waals surface area contributed by atoms with Crippen molar-refractivity contribution >= 4 is 40.9 Å². The summed E-state index contributed by atoms with van der Waals surface area (Å²) in [5.74, 6) is -1.48. The fraction of sp³-hybridized carbons (Fsp3) is 0.250. The summed E-state index contributed by atoms with van der Waals surface area (Å²) in [5, 5.41) is 13.8. The number of hydrogen-bond acceptors (Lipinski definition) is 6. The van der Waals surface area contributed by atoms with Gasteiger partial charge in [-0.25, -0.2) is 4.68 Å². The van der Waals surface area contributed by atoms with Crippen LogP contribution in [-0.2, 0) is 27.5 Å². The van der Waals surface area contributed by atoms with Gasteiger partial charge >= 0.3 is 0 Å². The Hall–Kier alpha value is -4.05. The number of rotatable bonds is 5. The number of nitrogens with zero attached hydrogens (tertiary/aromatic N) is 4. The van der Waals surface area contributed by atoms with E-state index < -0.39 is 11.9 Å². The SMILES string of the molecule is Cc1ccc(-c2cn(CC(=O)Nc3cccc4c3CN(C3CCC(=O)NC3=O)C4=O)nn2)c(Cl)c1. The Kier molecular flexibility index (Phi) is 5.81. The van der Waals surface area contributed by atoms with Gasteiger partial charge in [0.05, 0.1) is 11.2 Å². The molecule has 178 valence electrons. The molecule has 1 fully saturated rings. The minimum Gasteiger partial charge on any atom is -0.324 e. The van der Waals surface area contributed by atoms with Crippen LogP contribution in [0.4, 0.5) is 5.69 Å². The van der Waals surface area contributed by atoms with Crippen LogP contribution in [0.2, 0.25) is 5.02 Å². The second-order valence-electron chi connectivity index (χ2n) is 8.56. The fourth-order valence-electron chi connectivity index (χ4n) is 4.37. The molecule has 2 N–H and O–H groups in total. The minimum absolute atomic E-state index is 0.0923. The molecule has 0 aliphatic carbocycles. The molecule has 2 aromatic carbocycles. The maximum absolute atomic E-state index is 13.0. The molecule has 0 radical (unpaired) electrons. The van der Waals surface area contributed by atoms with Gasteiger partial charge in [-0.2, -0.15) is 0 Å². The lowest BCUT2D eigenvalue weighted by Crippen LogP contribution is -2.52. The zero-order chi connectivity index (χ0) is 24.7.